The summed E-state index contributed by atoms with van der Waals surface area (Å²) < 4.78 is 5.08. The summed E-state index contributed by atoms with van der Waals surface area (Å²) in [6, 6.07) is 37.1. The lowest BCUT2D eigenvalue weighted by Gasteiger charge is -2.28. The third-order valence-electron chi connectivity index (χ3n) is 5.47. The Hall–Kier alpha value is -2.93. The number of methoxy groups -OCH3 is 1. The molecule has 0 aliphatic rings. The van der Waals surface area contributed by atoms with Crippen LogP contribution >= 0.6 is 18.9 Å². The number of hydrogen-bond donors (Lipinski definition) is 0. The van der Waals surface area contributed by atoms with Crippen molar-refractivity contribution in [2.45, 2.75) is 6.16 Å². The summed E-state index contributed by atoms with van der Waals surface area (Å²) in [5.74, 6) is -0.348. The molecule has 0 spiro atoms. The van der Waals surface area contributed by atoms with Crippen molar-refractivity contribution in [3.63, 3.8) is 0 Å². The lowest BCUT2D eigenvalue weighted by molar-refractivity contribution is 0.0600. The van der Waals surface area contributed by atoms with Crippen LogP contribution in [-0.4, -0.2) is 13.1 Å². The highest BCUT2D eigenvalue weighted by molar-refractivity contribution is 7.95. The molecule has 31 heavy (non-hydrogen) atoms. The third-order valence-corrected chi connectivity index (χ3v) is 10.1. The van der Waals surface area contributed by atoms with Crippen LogP contribution in [0.3, 0.4) is 0 Å². The first-order chi connectivity index (χ1) is 15.1. The predicted octanol–water partition coefficient (Wildman–Crippen LogP) is 5.62. The van der Waals surface area contributed by atoms with Crippen LogP contribution in [0.25, 0.3) is 0 Å². The second-order valence-corrected chi connectivity index (χ2v) is 11.2. The van der Waals surface area contributed by atoms with Gasteiger partial charge >= 0.3 is 5.97 Å². The number of ether oxygens (including phenoxy) is 1. The van der Waals surface area contributed by atoms with Gasteiger partial charge in [0, 0.05) is 10.6 Å². The van der Waals surface area contributed by atoms with E-state index in [0.29, 0.717) is 16.7 Å². The molecule has 0 saturated heterocycles. The first-order valence-corrected chi connectivity index (χ1v) is 12.4. The molecule has 0 heterocycles. The molecule has 4 aromatic rings. The average Bonchev–Trinajstić information content (AvgIpc) is 2.84. The average molecular weight is 446 g/mol. The van der Waals surface area contributed by atoms with Crippen molar-refractivity contribution in [2.24, 2.45) is 0 Å². The van der Waals surface area contributed by atoms with Crippen LogP contribution in [0.1, 0.15) is 15.9 Å². The SMILES string of the molecule is COC(=O)c1ccc(Cl)cc1C[P+](c1ccccc1)(c1ccccc1)c1ccccc1. The van der Waals surface area contributed by atoms with Crippen LogP contribution in [-0.2, 0) is 10.9 Å². The van der Waals surface area contributed by atoms with E-state index in [2.05, 4.69) is 72.8 Å². The van der Waals surface area contributed by atoms with E-state index in [1.54, 1.807) is 12.1 Å². The summed E-state index contributed by atoms with van der Waals surface area (Å²) in [7, 11) is -0.727. The van der Waals surface area contributed by atoms with Crippen LogP contribution < -0.4 is 15.9 Å². The lowest BCUT2D eigenvalue weighted by atomic mass is 10.1. The summed E-state index contributed by atoms with van der Waals surface area (Å²) in [4.78, 5) is 12.6. The van der Waals surface area contributed by atoms with Crippen molar-refractivity contribution in [2.75, 3.05) is 7.11 Å². The van der Waals surface area contributed by atoms with Gasteiger partial charge in [0.25, 0.3) is 0 Å². The fraction of sp³-hybridized carbons (Fsp3) is 0.0741. The minimum atomic E-state index is -2.14. The Bertz CT molecular complexity index is 1070. The Morgan fingerprint density at radius 1 is 0.742 bits per heavy atom. The highest BCUT2D eigenvalue weighted by Crippen LogP contribution is 2.58. The van der Waals surface area contributed by atoms with E-state index in [0.717, 1.165) is 5.56 Å². The van der Waals surface area contributed by atoms with Crippen LogP contribution in [0.4, 0.5) is 0 Å². The maximum atomic E-state index is 12.6. The van der Waals surface area contributed by atoms with Gasteiger partial charge in [-0.15, -0.1) is 0 Å². The maximum Gasteiger partial charge on any atom is 0.338 e. The van der Waals surface area contributed by atoms with E-state index in [1.807, 2.05) is 24.3 Å². The molecule has 0 atom stereocenters. The third kappa shape index (κ3) is 4.28. The molecular formula is C27H23ClO2P+. The van der Waals surface area contributed by atoms with E-state index >= 15 is 0 Å². The summed E-state index contributed by atoms with van der Waals surface area (Å²) >= 11 is 6.39. The van der Waals surface area contributed by atoms with E-state index in [4.69, 9.17) is 16.3 Å². The molecule has 0 fully saturated rings. The van der Waals surface area contributed by atoms with Gasteiger partial charge in [-0.05, 0) is 54.6 Å². The van der Waals surface area contributed by atoms with Crippen molar-refractivity contribution in [1.29, 1.82) is 0 Å². The van der Waals surface area contributed by atoms with Crippen LogP contribution in [0, 0.1) is 0 Å². The number of esters is 1. The van der Waals surface area contributed by atoms with E-state index in [1.165, 1.54) is 23.0 Å². The van der Waals surface area contributed by atoms with Crippen LogP contribution in [0.2, 0.25) is 5.02 Å². The van der Waals surface area contributed by atoms with Crippen LogP contribution in [0.5, 0.6) is 0 Å². The highest BCUT2D eigenvalue weighted by atomic mass is 35.5. The molecule has 0 saturated carbocycles. The van der Waals surface area contributed by atoms with Crippen LogP contribution in [0.15, 0.2) is 109 Å². The zero-order chi connectivity index (χ0) is 21.7. The van der Waals surface area contributed by atoms with Gasteiger partial charge in [-0.3, -0.25) is 0 Å². The minimum Gasteiger partial charge on any atom is -0.465 e. The Kier molecular flexibility index (Phi) is 6.51. The Balaban J connectivity index is 2.03. The van der Waals surface area contributed by atoms with Crippen molar-refractivity contribution in [3.8, 4) is 0 Å². The quantitative estimate of drug-likeness (QED) is 0.284. The molecule has 0 aromatic heterocycles. The van der Waals surface area contributed by atoms with Gasteiger partial charge in [0.05, 0.1) is 18.8 Å². The molecule has 0 bridgehead atoms. The van der Waals surface area contributed by atoms with Crippen molar-refractivity contribution in [1.82, 2.24) is 0 Å². The smallest absolute Gasteiger partial charge is 0.338 e. The number of hydrogen-bond acceptors (Lipinski definition) is 2. The molecule has 0 radical (unpaired) electrons. The zero-order valence-electron chi connectivity index (χ0n) is 17.2. The molecule has 0 N–H and O–H groups in total. The number of benzene rings is 4. The Morgan fingerprint density at radius 3 is 1.61 bits per heavy atom. The van der Waals surface area contributed by atoms with Gasteiger partial charge in [0.1, 0.15) is 23.2 Å². The van der Waals surface area contributed by atoms with Crippen molar-refractivity contribution < 1.29 is 9.53 Å². The van der Waals surface area contributed by atoms with Gasteiger partial charge in [0.15, 0.2) is 0 Å². The predicted molar refractivity (Wildman–Crippen MR) is 132 cm³/mol. The maximum absolute atomic E-state index is 12.6. The molecule has 154 valence electrons. The minimum absolute atomic E-state index is 0.348. The molecular weight excluding hydrogens is 423 g/mol. The monoisotopic (exact) mass is 445 g/mol. The first-order valence-electron chi connectivity index (χ1n) is 10.1. The van der Waals surface area contributed by atoms with E-state index in [-0.39, 0.29) is 5.97 Å². The molecule has 0 unspecified atom stereocenters. The zero-order valence-corrected chi connectivity index (χ0v) is 18.9. The molecule has 0 aliphatic heterocycles. The second kappa shape index (κ2) is 9.47. The first kappa shape index (κ1) is 21.3. The summed E-state index contributed by atoms with van der Waals surface area (Å²) in [6.07, 6.45) is 0.663. The Labute approximate surface area is 188 Å². The van der Waals surface area contributed by atoms with Gasteiger partial charge in [-0.2, -0.15) is 0 Å². The number of carbonyl (C=O) groups is 1. The normalized spacial score (nSPS) is 11.2. The lowest BCUT2D eigenvalue weighted by Crippen LogP contribution is -2.32. The van der Waals surface area contributed by atoms with E-state index < -0.39 is 7.26 Å². The molecule has 4 heteroatoms. The molecule has 2 nitrogen and oxygen atoms in total. The number of halogens is 1. The molecule has 0 amide bonds. The molecule has 4 rings (SSSR count). The van der Waals surface area contributed by atoms with Crippen molar-refractivity contribution >= 4 is 40.7 Å². The molecule has 4 aromatic carbocycles. The van der Waals surface area contributed by atoms with Gasteiger partial charge < -0.3 is 4.74 Å². The van der Waals surface area contributed by atoms with Gasteiger partial charge in [0.2, 0.25) is 0 Å². The fourth-order valence-electron chi connectivity index (χ4n) is 4.03. The molecule has 0 aliphatic carbocycles. The number of rotatable bonds is 6. The van der Waals surface area contributed by atoms with Gasteiger partial charge in [-0.1, -0.05) is 66.2 Å². The fourth-order valence-corrected chi connectivity index (χ4v) is 8.48. The number of carbonyl (C=O) groups excluding carboxylic acids is 1. The van der Waals surface area contributed by atoms with Gasteiger partial charge in [-0.25, -0.2) is 4.79 Å². The topological polar surface area (TPSA) is 26.3 Å². The van der Waals surface area contributed by atoms with Crippen molar-refractivity contribution in [3.05, 3.63) is 125 Å². The second-order valence-electron chi connectivity index (χ2n) is 7.27. The standard InChI is InChI=1S/C27H23ClO2P/c1-30-27(29)26-18-17-22(28)19-21(26)20-31(23-11-5-2-6-12-23,24-13-7-3-8-14-24)25-15-9-4-10-16-25/h2-19H,20H2,1H3/q+1. The van der Waals surface area contributed by atoms with E-state index in [9.17, 15) is 4.79 Å². The summed E-state index contributed by atoms with van der Waals surface area (Å²) in [6.45, 7) is 0. The Morgan fingerprint density at radius 2 is 1.19 bits per heavy atom. The summed E-state index contributed by atoms with van der Waals surface area (Å²) in [5, 5.41) is 4.37. The summed E-state index contributed by atoms with van der Waals surface area (Å²) in [5.41, 5.74) is 1.45. The largest absolute Gasteiger partial charge is 0.465 e. The highest BCUT2D eigenvalue weighted by Gasteiger charge is 2.46.